The van der Waals surface area contributed by atoms with Crippen LogP contribution in [0.5, 0.6) is 0 Å². The van der Waals surface area contributed by atoms with E-state index in [2.05, 4.69) is 21.2 Å². The van der Waals surface area contributed by atoms with Crippen LogP contribution in [0.1, 0.15) is 35.2 Å². The van der Waals surface area contributed by atoms with Crippen molar-refractivity contribution in [3.05, 3.63) is 68.7 Å². The van der Waals surface area contributed by atoms with Crippen LogP contribution >= 0.6 is 15.9 Å². The minimum Gasteiger partial charge on any atom is -0.306 e. The lowest BCUT2D eigenvalue weighted by atomic mass is 9.95. The van der Waals surface area contributed by atoms with Crippen molar-refractivity contribution in [1.82, 2.24) is 5.32 Å². The monoisotopic (exact) mass is 353 g/mol. The summed E-state index contributed by atoms with van der Waals surface area (Å²) < 4.78 is 29.1. The van der Waals surface area contributed by atoms with Crippen LogP contribution in [0.15, 0.2) is 34.8 Å². The molecule has 2 aromatic rings. The van der Waals surface area contributed by atoms with Crippen LogP contribution in [0, 0.1) is 25.5 Å². The third kappa shape index (κ3) is 3.50. The van der Waals surface area contributed by atoms with Crippen molar-refractivity contribution in [2.45, 2.75) is 26.8 Å². The highest BCUT2D eigenvalue weighted by Gasteiger charge is 2.21. The van der Waals surface area contributed by atoms with Gasteiger partial charge in [-0.2, -0.15) is 0 Å². The van der Waals surface area contributed by atoms with E-state index >= 15 is 0 Å². The number of hydrogen-bond acceptors (Lipinski definition) is 1. The number of aryl methyl sites for hydroxylation is 2. The van der Waals surface area contributed by atoms with Gasteiger partial charge in [0.15, 0.2) is 11.6 Å². The Bertz CT molecular complexity index is 635. The van der Waals surface area contributed by atoms with E-state index in [9.17, 15) is 8.78 Å². The van der Waals surface area contributed by atoms with Gasteiger partial charge in [-0.3, -0.25) is 0 Å². The van der Waals surface area contributed by atoms with Gasteiger partial charge in [-0.1, -0.05) is 41.1 Å². The van der Waals surface area contributed by atoms with E-state index < -0.39 is 11.6 Å². The maximum Gasteiger partial charge on any atom is 0.164 e. The van der Waals surface area contributed by atoms with E-state index in [0.717, 1.165) is 15.6 Å². The summed E-state index contributed by atoms with van der Waals surface area (Å²) in [6.45, 7) is 6.14. The lowest BCUT2D eigenvalue weighted by Gasteiger charge is -2.21. The standard InChI is InChI=1S/C17H18BrF2N/c1-4-21-17(12-7-10(2)8-13(18)9-12)14-6-5-11(3)15(19)16(14)20/h5-9,17,21H,4H2,1-3H3. The molecule has 1 atom stereocenters. The zero-order valence-corrected chi connectivity index (χ0v) is 13.9. The van der Waals surface area contributed by atoms with E-state index in [1.165, 1.54) is 0 Å². The second-order valence-electron chi connectivity index (χ2n) is 5.15. The molecule has 0 aliphatic rings. The van der Waals surface area contributed by atoms with E-state index in [4.69, 9.17) is 0 Å². The van der Waals surface area contributed by atoms with Crippen molar-refractivity contribution >= 4 is 15.9 Å². The maximum absolute atomic E-state index is 14.3. The van der Waals surface area contributed by atoms with Gasteiger partial charge in [0, 0.05) is 10.0 Å². The molecule has 0 radical (unpaired) electrons. The molecule has 2 aromatic carbocycles. The number of rotatable bonds is 4. The molecule has 112 valence electrons. The van der Waals surface area contributed by atoms with Gasteiger partial charge < -0.3 is 5.32 Å². The van der Waals surface area contributed by atoms with E-state index in [0.29, 0.717) is 17.7 Å². The van der Waals surface area contributed by atoms with Gasteiger partial charge in [-0.15, -0.1) is 0 Å². The predicted molar refractivity (Wildman–Crippen MR) is 85.5 cm³/mol. The molecule has 0 spiro atoms. The van der Waals surface area contributed by atoms with Crippen molar-refractivity contribution in [3.63, 3.8) is 0 Å². The van der Waals surface area contributed by atoms with Crippen molar-refractivity contribution in [2.75, 3.05) is 6.54 Å². The molecule has 1 unspecified atom stereocenters. The third-order valence-corrected chi connectivity index (χ3v) is 3.88. The first-order valence-corrected chi connectivity index (χ1v) is 7.68. The molecule has 2 rings (SSSR count). The van der Waals surface area contributed by atoms with Gasteiger partial charge in [0.2, 0.25) is 0 Å². The number of halogens is 3. The second-order valence-corrected chi connectivity index (χ2v) is 6.07. The van der Waals surface area contributed by atoms with Gasteiger partial charge in [0.05, 0.1) is 6.04 Å². The Morgan fingerprint density at radius 1 is 1.10 bits per heavy atom. The largest absolute Gasteiger partial charge is 0.306 e. The first kappa shape index (κ1) is 16.1. The van der Waals surface area contributed by atoms with Gasteiger partial charge >= 0.3 is 0 Å². The lowest BCUT2D eigenvalue weighted by Crippen LogP contribution is -2.23. The van der Waals surface area contributed by atoms with Crippen LogP contribution in [-0.4, -0.2) is 6.54 Å². The van der Waals surface area contributed by atoms with Crippen LogP contribution < -0.4 is 5.32 Å². The summed E-state index contributed by atoms with van der Waals surface area (Å²) in [5.41, 5.74) is 2.62. The molecule has 1 N–H and O–H groups in total. The molecule has 1 nitrogen and oxygen atoms in total. The fraction of sp³-hybridized carbons (Fsp3) is 0.294. The van der Waals surface area contributed by atoms with Gasteiger partial charge in [-0.25, -0.2) is 8.78 Å². The normalized spacial score (nSPS) is 12.5. The molecule has 0 saturated heterocycles. The van der Waals surface area contributed by atoms with Crippen molar-refractivity contribution in [1.29, 1.82) is 0 Å². The quantitative estimate of drug-likeness (QED) is 0.811. The molecule has 0 saturated carbocycles. The van der Waals surface area contributed by atoms with E-state index in [1.54, 1.807) is 19.1 Å². The van der Waals surface area contributed by atoms with Crippen LogP contribution in [-0.2, 0) is 0 Å². The highest BCUT2D eigenvalue weighted by Crippen LogP contribution is 2.29. The Labute approximate surface area is 132 Å². The summed E-state index contributed by atoms with van der Waals surface area (Å²) in [6.07, 6.45) is 0. The molecular formula is C17H18BrF2N. The smallest absolute Gasteiger partial charge is 0.164 e. The van der Waals surface area contributed by atoms with Crippen LogP contribution in [0.2, 0.25) is 0 Å². The average molecular weight is 354 g/mol. The fourth-order valence-corrected chi connectivity index (χ4v) is 3.05. The fourth-order valence-electron chi connectivity index (χ4n) is 2.43. The zero-order valence-electron chi connectivity index (χ0n) is 12.3. The summed E-state index contributed by atoms with van der Waals surface area (Å²) in [5, 5.41) is 3.23. The third-order valence-electron chi connectivity index (χ3n) is 3.42. The molecule has 0 bridgehead atoms. The Balaban J connectivity index is 2.56. The molecular weight excluding hydrogens is 336 g/mol. The molecule has 0 heterocycles. The minimum absolute atomic E-state index is 0.317. The average Bonchev–Trinajstić information content (AvgIpc) is 2.42. The summed E-state index contributed by atoms with van der Waals surface area (Å²) >= 11 is 3.45. The van der Waals surface area contributed by atoms with E-state index in [1.807, 2.05) is 32.0 Å². The highest BCUT2D eigenvalue weighted by molar-refractivity contribution is 9.10. The summed E-state index contributed by atoms with van der Waals surface area (Å²) in [6, 6.07) is 8.78. The molecule has 4 heteroatoms. The molecule has 21 heavy (non-hydrogen) atoms. The predicted octanol–water partition coefficient (Wildman–Crippen LogP) is 5.04. The topological polar surface area (TPSA) is 12.0 Å². The summed E-state index contributed by atoms with van der Waals surface area (Å²) in [4.78, 5) is 0. The van der Waals surface area contributed by atoms with Gasteiger partial charge in [0.25, 0.3) is 0 Å². The Hall–Kier alpha value is -1.26. The highest BCUT2D eigenvalue weighted by atomic mass is 79.9. The number of hydrogen-bond donors (Lipinski definition) is 1. The summed E-state index contributed by atoms with van der Waals surface area (Å²) in [7, 11) is 0. The lowest BCUT2D eigenvalue weighted by molar-refractivity contribution is 0.478. The Kier molecular flexibility index (Phi) is 5.12. The molecule has 0 amide bonds. The Morgan fingerprint density at radius 2 is 1.81 bits per heavy atom. The minimum atomic E-state index is -0.779. The van der Waals surface area contributed by atoms with Gasteiger partial charge in [-0.05, 0) is 49.2 Å². The Morgan fingerprint density at radius 3 is 2.43 bits per heavy atom. The molecule has 0 aliphatic carbocycles. The summed E-state index contributed by atoms with van der Waals surface area (Å²) in [5.74, 6) is -1.55. The number of nitrogens with one attached hydrogen (secondary N) is 1. The molecule has 0 aromatic heterocycles. The van der Waals surface area contributed by atoms with Crippen molar-refractivity contribution in [3.8, 4) is 0 Å². The van der Waals surface area contributed by atoms with Gasteiger partial charge in [0.1, 0.15) is 0 Å². The van der Waals surface area contributed by atoms with Crippen molar-refractivity contribution < 1.29 is 8.78 Å². The first-order chi connectivity index (χ1) is 9.93. The van der Waals surface area contributed by atoms with Crippen LogP contribution in [0.4, 0.5) is 8.78 Å². The first-order valence-electron chi connectivity index (χ1n) is 6.89. The SMILES string of the molecule is CCNC(c1cc(C)cc(Br)c1)c1ccc(C)c(F)c1F. The molecule has 0 fully saturated rings. The van der Waals surface area contributed by atoms with Crippen LogP contribution in [0.3, 0.4) is 0 Å². The second kappa shape index (κ2) is 6.67. The van der Waals surface area contributed by atoms with E-state index in [-0.39, 0.29) is 6.04 Å². The maximum atomic E-state index is 14.3. The van der Waals surface area contributed by atoms with Crippen molar-refractivity contribution in [2.24, 2.45) is 0 Å². The number of benzene rings is 2. The molecule has 0 aliphatic heterocycles. The zero-order chi connectivity index (χ0) is 15.6. The van der Waals surface area contributed by atoms with Crippen LogP contribution in [0.25, 0.3) is 0 Å².